The summed E-state index contributed by atoms with van der Waals surface area (Å²) in [5.74, 6) is 1.18. The van der Waals surface area contributed by atoms with Crippen molar-refractivity contribution in [3.63, 3.8) is 0 Å². The van der Waals surface area contributed by atoms with Crippen LogP contribution in [0.3, 0.4) is 0 Å². The molecule has 0 amide bonds. The summed E-state index contributed by atoms with van der Waals surface area (Å²) in [6.07, 6.45) is 3.41. The minimum Gasteiger partial charge on any atom is -0.318 e. The van der Waals surface area contributed by atoms with Gasteiger partial charge >= 0.3 is 0 Å². The Balaban J connectivity index is 1.88. The first-order chi connectivity index (χ1) is 9.74. The van der Waals surface area contributed by atoms with Crippen molar-refractivity contribution in [1.82, 2.24) is 20.2 Å². The maximum absolute atomic E-state index is 6.17. The van der Waals surface area contributed by atoms with Gasteiger partial charge in [-0.05, 0) is 29.8 Å². The molecule has 0 radical (unpaired) electrons. The minimum atomic E-state index is -0.370. The van der Waals surface area contributed by atoms with Gasteiger partial charge in [0.1, 0.15) is 5.82 Å². The van der Waals surface area contributed by atoms with E-state index < -0.39 is 0 Å². The van der Waals surface area contributed by atoms with Crippen LogP contribution in [0, 0.1) is 0 Å². The van der Waals surface area contributed by atoms with Crippen LogP contribution in [0.25, 0.3) is 11.4 Å². The van der Waals surface area contributed by atoms with Crippen LogP contribution in [-0.4, -0.2) is 20.2 Å². The zero-order valence-electron chi connectivity index (χ0n) is 10.5. The number of nitrogens with two attached hydrogens (primary N) is 1. The normalized spacial score (nSPS) is 12.3. The molecule has 2 heterocycles. The van der Waals surface area contributed by atoms with Gasteiger partial charge in [-0.3, -0.25) is 10.1 Å². The quantitative estimate of drug-likeness (QED) is 0.775. The number of aromatic amines is 1. The van der Waals surface area contributed by atoms with E-state index in [2.05, 4.69) is 20.2 Å². The van der Waals surface area contributed by atoms with Gasteiger partial charge in [-0.25, -0.2) is 4.98 Å². The molecule has 0 aliphatic carbocycles. The molecule has 0 aliphatic heterocycles. The third kappa shape index (κ3) is 2.54. The summed E-state index contributed by atoms with van der Waals surface area (Å²) in [5, 5.41) is 7.71. The number of nitrogens with one attached hydrogen (secondary N) is 1. The molecule has 0 unspecified atom stereocenters. The van der Waals surface area contributed by atoms with Gasteiger partial charge in [0.15, 0.2) is 5.82 Å². The first-order valence-electron chi connectivity index (χ1n) is 6.08. The number of rotatable bonds is 3. The topological polar surface area (TPSA) is 80.5 Å². The highest BCUT2D eigenvalue weighted by Gasteiger charge is 2.14. The fraction of sp³-hybridized carbons (Fsp3) is 0.0714. The van der Waals surface area contributed by atoms with E-state index in [0.29, 0.717) is 16.7 Å². The number of pyridine rings is 1. The monoisotopic (exact) mass is 285 g/mol. The lowest BCUT2D eigenvalue weighted by molar-refractivity contribution is 0.787. The van der Waals surface area contributed by atoms with E-state index in [-0.39, 0.29) is 6.04 Å². The first-order valence-corrected chi connectivity index (χ1v) is 6.45. The molecule has 0 fully saturated rings. The molecule has 3 rings (SSSR count). The number of hydrogen-bond acceptors (Lipinski definition) is 4. The Morgan fingerprint density at radius 1 is 1.15 bits per heavy atom. The van der Waals surface area contributed by atoms with Crippen molar-refractivity contribution in [2.24, 2.45) is 5.73 Å². The van der Waals surface area contributed by atoms with E-state index in [1.54, 1.807) is 24.5 Å². The molecule has 5 nitrogen and oxygen atoms in total. The van der Waals surface area contributed by atoms with Crippen LogP contribution in [0.2, 0.25) is 5.02 Å². The predicted octanol–water partition coefficient (Wildman–Crippen LogP) is 2.57. The summed E-state index contributed by atoms with van der Waals surface area (Å²) >= 11 is 5.86. The molecule has 0 spiro atoms. The molecule has 0 saturated heterocycles. The van der Waals surface area contributed by atoms with Gasteiger partial charge in [-0.15, -0.1) is 0 Å². The summed E-state index contributed by atoms with van der Waals surface area (Å²) in [4.78, 5) is 8.46. The van der Waals surface area contributed by atoms with Crippen LogP contribution in [0.15, 0.2) is 48.8 Å². The highest BCUT2D eigenvalue weighted by molar-refractivity contribution is 6.30. The SMILES string of the molecule is N[C@H](c1ccc(Cl)cc1)c1nc(-c2cccnc2)n[nH]1. The van der Waals surface area contributed by atoms with E-state index in [9.17, 15) is 0 Å². The van der Waals surface area contributed by atoms with Gasteiger partial charge in [0.25, 0.3) is 0 Å². The highest BCUT2D eigenvalue weighted by atomic mass is 35.5. The van der Waals surface area contributed by atoms with Crippen LogP contribution in [0.1, 0.15) is 17.4 Å². The molecule has 3 aromatic rings. The first kappa shape index (κ1) is 12.8. The summed E-state index contributed by atoms with van der Waals surface area (Å²) < 4.78 is 0. The van der Waals surface area contributed by atoms with Crippen molar-refractivity contribution < 1.29 is 0 Å². The largest absolute Gasteiger partial charge is 0.318 e. The summed E-state index contributed by atoms with van der Waals surface area (Å²) in [7, 11) is 0. The molecule has 6 heteroatoms. The Labute approximate surface area is 120 Å². The van der Waals surface area contributed by atoms with Gasteiger partial charge in [-0.2, -0.15) is 5.10 Å². The van der Waals surface area contributed by atoms with E-state index >= 15 is 0 Å². The lowest BCUT2D eigenvalue weighted by atomic mass is 10.1. The zero-order chi connectivity index (χ0) is 13.9. The van der Waals surface area contributed by atoms with E-state index in [4.69, 9.17) is 17.3 Å². The van der Waals surface area contributed by atoms with Gasteiger partial charge < -0.3 is 5.73 Å². The second kappa shape index (κ2) is 5.40. The molecule has 0 bridgehead atoms. The third-order valence-electron chi connectivity index (χ3n) is 2.95. The van der Waals surface area contributed by atoms with Crippen molar-refractivity contribution >= 4 is 11.6 Å². The Hall–Kier alpha value is -2.24. The van der Waals surface area contributed by atoms with E-state index in [1.807, 2.05) is 24.3 Å². The summed E-state index contributed by atoms with van der Waals surface area (Å²) in [5.41, 5.74) is 7.93. The number of nitrogens with zero attached hydrogens (tertiary/aromatic N) is 3. The highest BCUT2D eigenvalue weighted by Crippen LogP contribution is 2.20. The standard InChI is InChI=1S/C14H12ClN5/c15-11-5-3-9(4-6-11)12(16)14-18-13(19-20-14)10-2-1-7-17-8-10/h1-8,12H,16H2,(H,18,19,20)/t12-/m1/s1. The smallest absolute Gasteiger partial charge is 0.182 e. The molecule has 2 aromatic heterocycles. The average Bonchev–Trinajstić information content (AvgIpc) is 2.98. The second-order valence-corrected chi connectivity index (χ2v) is 4.75. The molecular weight excluding hydrogens is 274 g/mol. The maximum atomic E-state index is 6.17. The van der Waals surface area contributed by atoms with Crippen molar-refractivity contribution in [2.75, 3.05) is 0 Å². The Kier molecular flexibility index (Phi) is 3.45. The number of benzene rings is 1. The molecule has 1 atom stereocenters. The average molecular weight is 286 g/mol. The molecule has 100 valence electrons. The van der Waals surface area contributed by atoms with Crippen LogP contribution < -0.4 is 5.73 Å². The van der Waals surface area contributed by atoms with Gasteiger partial charge in [0.2, 0.25) is 0 Å². The number of aromatic nitrogens is 4. The van der Waals surface area contributed by atoms with Gasteiger partial charge in [0.05, 0.1) is 6.04 Å². The Morgan fingerprint density at radius 2 is 1.95 bits per heavy atom. The van der Waals surface area contributed by atoms with Crippen molar-refractivity contribution in [3.05, 3.63) is 65.2 Å². The fourth-order valence-corrected chi connectivity index (χ4v) is 1.99. The van der Waals surface area contributed by atoms with Gasteiger partial charge in [-0.1, -0.05) is 23.7 Å². The molecule has 0 saturated carbocycles. The fourth-order valence-electron chi connectivity index (χ4n) is 1.87. The van der Waals surface area contributed by atoms with Crippen molar-refractivity contribution in [1.29, 1.82) is 0 Å². The molecule has 1 aromatic carbocycles. The van der Waals surface area contributed by atoms with Crippen LogP contribution in [-0.2, 0) is 0 Å². The van der Waals surface area contributed by atoms with Crippen LogP contribution in [0.4, 0.5) is 0 Å². The summed E-state index contributed by atoms with van der Waals surface area (Å²) in [6, 6.07) is 10.7. The third-order valence-corrected chi connectivity index (χ3v) is 3.20. The zero-order valence-corrected chi connectivity index (χ0v) is 11.2. The number of halogens is 1. The maximum Gasteiger partial charge on any atom is 0.182 e. The number of H-pyrrole nitrogens is 1. The predicted molar refractivity (Wildman–Crippen MR) is 77.1 cm³/mol. The van der Waals surface area contributed by atoms with E-state index in [1.165, 1.54) is 0 Å². The Morgan fingerprint density at radius 3 is 2.65 bits per heavy atom. The molecule has 3 N–H and O–H groups in total. The molecular formula is C14H12ClN5. The molecule has 20 heavy (non-hydrogen) atoms. The van der Waals surface area contributed by atoms with E-state index in [0.717, 1.165) is 11.1 Å². The molecule has 0 aliphatic rings. The Bertz CT molecular complexity index is 693. The van der Waals surface area contributed by atoms with Crippen molar-refractivity contribution in [2.45, 2.75) is 6.04 Å². The minimum absolute atomic E-state index is 0.370. The lowest BCUT2D eigenvalue weighted by Crippen LogP contribution is -2.13. The number of hydrogen-bond donors (Lipinski definition) is 2. The lowest BCUT2D eigenvalue weighted by Gasteiger charge is -2.08. The second-order valence-electron chi connectivity index (χ2n) is 4.32. The van der Waals surface area contributed by atoms with Crippen LogP contribution >= 0.6 is 11.6 Å². The van der Waals surface area contributed by atoms with Crippen molar-refractivity contribution in [3.8, 4) is 11.4 Å². The van der Waals surface area contributed by atoms with Crippen LogP contribution in [0.5, 0.6) is 0 Å². The summed E-state index contributed by atoms with van der Waals surface area (Å²) in [6.45, 7) is 0. The van der Waals surface area contributed by atoms with Gasteiger partial charge in [0, 0.05) is 23.0 Å².